The number of carboxylic acid groups (broad SMARTS) is 1. The minimum absolute atomic E-state index is 0.157. The summed E-state index contributed by atoms with van der Waals surface area (Å²) in [6.07, 6.45) is 0. The fourth-order valence-corrected chi connectivity index (χ4v) is 0. The summed E-state index contributed by atoms with van der Waals surface area (Å²) in [5, 5.41) is 7.89. The fraction of sp³-hybridized carbons (Fsp3) is 0.625. The van der Waals surface area contributed by atoms with Crippen molar-refractivity contribution in [3.8, 4) is 0 Å². The highest BCUT2D eigenvalue weighted by Crippen LogP contribution is 1.93. The summed E-state index contributed by atoms with van der Waals surface area (Å²) in [4.78, 5) is 11.5. The molecule has 4 heteroatoms. The number of carboxylic acids is 1. The van der Waals surface area contributed by atoms with Crippen molar-refractivity contribution < 1.29 is 9.90 Å². The van der Waals surface area contributed by atoms with E-state index in [0.29, 0.717) is 0 Å². The van der Waals surface area contributed by atoms with E-state index in [1.807, 2.05) is 25.9 Å². The first-order chi connectivity index (χ1) is 5.29. The van der Waals surface area contributed by atoms with Crippen LogP contribution in [0.5, 0.6) is 0 Å². The van der Waals surface area contributed by atoms with Crippen molar-refractivity contribution in [3.63, 3.8) is 0 Å². The van der Waals surface area contributed by atoms with Gasteiger partial charge in [0.2, 0.25) is 0 Å². The van der Waals surface area contributed by atoms with Gasteiger partial charge in [0, 0.05) is 5.57 Å². The third-order valence-electron chi connectivity index (χ3n) is 1.08. The molecule has 0 spiro atoms. The zero-order valence-corrected chi connectivity index (χ0v) is 8.72. The van der Waals surface area contributed by atoms with Crippen LogP contribution >= 0.6 is 11.6 Å². The maximum absolute atomic E-state index is 9.60. The third kappa shape index (κ3) is 12.2. The number of hydrogen-bond acceptors (Lipinski definition) is 2. The Hall–Kier alpha value is -0.540. The maximum Gasteiger partial charge on any atom is 0.330 e. The van der Waals surface area contributed by atoms with Crippen molar-refractivity contribution >= 4 is 17.6 Å². The van der Waals surface area contributed by atoms with E-state index >= 15 is 0 Å². The van der Waals surface area contributed by atoms with E-state index < -0.39 is 5.97 Å². The van der Waals surface area contributed by atoms with Gasteiger partial charge in [-0.2, -0.15) is 0 Å². The Bertz CT molecular complexity index is 137. The van der Waals surface area contributed by atoms with E-state index in [4.69, 9.17) is 16.7 Å². The lowest BCUT2D eigenvalue weighted by atomic mass is 10.4. The molecule has 0 aromatic rings. The summed E-state index contributed by atoms with van der Waals surface area (Å²) in [6.45, 7) is 6.53. The second kappa shape index (κ2) is 7.13. The summed E-state index contributed by atoms with van der Waals surface area (Å²) in [5.74, 6) is -0.935. The predicted molar refractivity (Wildman–Crippen MR) is 51.5 cm³/mol. The van der Waals surface area contributed by atoms with Crippen LogP contribution in [0, 0.1) is 0 Å². The molecule has 0 aliphatic heterocycles. The fourth-order valence-electron chi connectivity index (χ4n) is 0. The van der Waals surface area contributed by atoms with Crippen LogP contribution in [-0.4, -0.2) is 35.6 Å². The van der Waals surface area contributed by atoms with Crippen molar-refractivity contribution in [2.45, 2.75) is 19.3 Å². The van der Waals surface area contributed by atoms with Crippen LogP contribution in [0.2, 0.25) is 0 Å². The molecule has 0 saturated heterocycles. The van der Waals surface area contributed by atoms with Gasteiger partial charge in [-0.25, -0.2) is 4.79 Å². The van der Waals surface area contributed by atoms with E-state index in [0.717, 1.165) is 0 Å². The lowest BCUT2D eigenvalue weighted by molar-refractivity contribution is -0.132. The van der Waals surface area contributed by atoms with E-state index in [9.17, 15) is 4.79 Å². The first-order valence-corrected chi connectivity index (χ1v) is 3.92. The van der Waals surface area contributed by atoms with Crippen LogP contribution in [0.25, 0.3) is 0 Å². The number of alkyl halides is 1. The molecule has 0 aromatic carbocycles. The van der Waals surface area contributed by atoms with Crippen LogP contribution in [0.3, 0.4) is 0 Å². The summed E-state index contributed by atoms with van der Waals surface area (Å²) >= 11 is 5.54. The molecular formula is C8H16ClNO2. The highest BCUT2D eigenvalue weighted by Gasteiger charge is 1.93. The molecule has 0 aliphatic carbocycles. The van der Waals surface area contributed by atoms with E-state index in [1.165, 1.54) is 6.92 Å². The molecule has 3 nitrogen and oxygen atoms in total. The molecule has 12 heavy (non-hydrogen) atoms. The molecule has 0 aliphatic rings. The van der Waals surface area contributed by atoms with Crippen molar-refractivity contribution in [2.75, 3.05) is 14.1 Å². The van der Waals surface area contributed by atoms with Gasteiger partial charge in [-0.1, -0.05) is 6.58 Å². The minimum Gasteiger partial charge on any atom is -0.478 e. The van der Waals surface area contributed by atoms with Gasteiger partial charge in [-0.15, -0.1) is 11.6 Å². The second-order valence-corrected chi connectivity index (χ2v) is 3.25. The van der Waals surface area contributed by atoms with E-state index in [2.05, 4.69) is 6.58 Å². The van der Waals surface area contributed by atoms with Crippen LogP contribution in [-0.2, 0) is 4.79 Å². The molecule has 1 atom stereocenters. The van der Waals surface area contributed by atoms with Crippen molar-refractivity contribution in [2.24, 2.45) is 0 Å². The highest BCUT2D eigenvalue weighted by molar-refractivity contribution is 6.20. The van der Waals surface area contributed by atoms with Crippen LogP contribution in [0.1, 0.15) is 13.8 Å². The molecule has 0 bridgehead atoms. The van der Waals surface area contributed by atoms with E-state index in [1.54, 1.807) is 0 Å². The molecular weight excluding hydrogens is 178 g/mol. The predicted octanol–water partition coefficient (Wildman–Crippen LogP) is 1.78. The minimum atomic E-state index is -0.935. The van der Waals surface area contributed by atoms with Gasteiger partial charge in [-0.05, 0) is 27.9 Å². The average Bonchev–Trinajstić information content (AvgIpc) is 1.88. The largest absolute Gasteiger partial charge is 0.478 e. The summed E-state index contributed by atoms with van der Waals surface area (Å²) in [7, 11) is 3.88. The monoisotopic (exact) mass is 193 g/mol. The average molecular weight is 194 g/mol. The second-order valence-electron chi connectivity index (χ2n) is 2.62. The highest BCUT2D eigenvalue weighted by atomic mass is 35.5. The Labute approximate surface area is 78.6 Å². The normalized spacial score (nSPS) is 11.5. The van der Waals surface area contributed by atoms with Gasteiger partial charge < -0.3 is 5.11 Å². The van der Waals surface area contributed by atoms with Gasteiger partial charge in [0.15, 0.2) is 0 Å². The molecule has 0 rings (SSSR count). The number of rotatable bonds is 2. The molecule has 0 aromatic heterocycles. The molecule has 1 N–H and O–H groups in total. The van der Waals surface area contributed by atoms with Crippen molar-refractivity contribution in [1.29, 1.82) is 0 Å². The van der Waals surface area contributed by atoms with Crippen molar-refractivity contribution in [3.05, 3.63) is 12.2 Å². The Balaban J connectivity index is 0. The van der Waals surface area contributed by atoms with Gasteiger partial charge in [-0.3, -0.25) is 4.90 Å². The molecule has 0 radical (unpaired) electrons. The summed E-state index contributed by atoms with van der Waals surface area (Å²) < 4.78 is 0. The molecule has 0 fully saturated rings. The first kappa shape index (κ1) is 14.0. The topological polar surface area (TPSA) is 40.5 Å². The molecule has 1 unspecified atom stereocenters. The first-order valence-electron chi connectivity index (χ1n) is 3.48. The maximum atomic E-state index is 9.60. The van der Waals surface area contributed by atoms with Crippen LogP contribution in [0.15, 0.2) is 12.2 Å². The zero-order chi connectivity index (χ0) is 10.3. The number of aliphatic carboxylic acids is 1. The molecule has 0 amide bonds. The Morgan fingerprint density at radius 1 is 1.58 bits per heavy atom. The Kier molecular flexibility index (Phi) is 8.32. The van der Waals surface area contributed by atoms with Crippen molar-refractivity contribution in [1.82, 2.24) is 4.90 Å². The Morgan fingerprint density at radius 3 is 1.75 bits per heavy atom. The van der Waals surface area contributed by atoms with Gasteiger partial charge in [0.25, 0.3) is 0 Å². The molecule has 0 heterocycles. The SMILES string of the molecule is C=C(C)C(=O)O.CC(Cl)N(C)C. The quantitative estimate of drug-likeness (QED) is 0.413. The lowest BCUT2D eigenvalue weighted by Gasteiger charge is -2.09. The standard InChI is InChI=1S/C4H10ClN.C4H6O2/c1-4(5)6(2)3;1-3(2)4(5)6/h4H,1-3H3;1H2,2H3,(H,5,6). The number of nitrogens with zero attached hydrogens (tertiary/aromatic N) is 1. The lowest BCUT2D eigenvalue weighted by Crippen LogP contribution is -2.17. The van der Waals surface area contributed by atoms with Gasteiger partial charge in [0.1, 0.15) is 0 Å². The van der Waals surface area contributed by atoms with Gasteiger partial charge >= 0.3 is 5.97 Å². The number of halogens is 1. The molecule has 72 valence electrons. The zero-order valence-electron chi connectivity index (χ0n) is 7.97. The Morgan fingerprint density at radius 2 is 1.75 bits per heavy atom. The van der Waals surface area contributed by atoms with Crippen LogP contribution < -0.4 is 0 Å². The van der Waals surface area contributed by atoms with E-state index in [-0.39, 0.29) is 11.1 Å². The summed E-state index contributed by atoms with van der Waals surface area (Å²) in [6, 6.07) is 0. The number of carbonyl (C=O) groups is 1. The third-order valence-corrected chi connectivity index (χ3v) is 1.47. The number of hydrogen-bond donors (Lipinski definition) is 1. The smallest absolute Gasteiger partial charge is 0.330 e. The van der Waals surface area contributed by atoms with Crippen LogP contribution in [0.4, 0.5) is 0 Å². The van der Waals surface area contributed by atoms with Gasteiger partial charge in [0.05, 0.1) is 5.50 Å². The molecule has 0 saturated carbocycles. The summed E-state index contributed by atoms with van der Waals surface area (Å²) in [5.41, 5.74) is 0.333.